The number of carbonyl (C=O) groups excluding carboxylic acids is 2. The van der Waals surface area contributed by atoms with E-state index in [0.29, 0.717) is 22.3 Å². The first-order chi connectivity index (χ1) is 14.5. The number of nitrogens with zero attached hydrogens (tertiary/aromatic N) is 2. The predicted octanol–water partition coefficient (Wildman–Crippen LogP) is 3.45. The summed E-state index contributed by atoms with van der Waals surface area (Å²) in [5.74, 6) is -0.915. The van der Waals surface area contributed by atoms with E-state index in [-0.39, 0.29) is 46.4 Å². The number of aromatic nitrogens is 2. The number of esters is 2. The molecule has 0 N–H and O–H groups in total. The lowest BCUT2D eigenvalue weighted by atomic mass is 10.2. The van der Waals surface area contributed by atoms with Gasteiger partial charge in [0, 0.05) is 25.0 Å². The maximum atomic E-state index is 13.1. The number of hydrogen-bond donors (Lipinski definition) is 0. The van der Waals surface area contributed by atoms with Crippen molar-refractivity contribution in [1.29, 1.82) is 0 Å². The lowest BCUT2D eigenvalue weighted by molar-refractivity contribution is -0.591. The molecule has 0 aliphatic rings. The molecule has 3 rings (SSSR count). The summed E-state index contributed by atoms with van der Waals surface area (Å²) in [4.78, 5) is 24.1. The van der Waals surface area contributed by atoms with Crippen LogP contribution in [0, 0.1) is 10.4 Å². The second-order valence-electron chi connectivity index (χ2n) is 6.99. The Bertz CT molecular complexity index is 1010. The number of carbonyl (C=O) groups is 2. The number of hydrogen-bond acceptors (Lipinski definition) is 6. The third-order valence-electron chi connectivity index (χ3n) is 4.72. The summed E-state index contributed by atoms with van der Waals surface area (Å²) in [6.45, 7) is 3.91. The van der Waals surface area contributed by atoms with E-state index in [9.17, 15) is 20.0 Å². The fourth-order valence-electron chi connectivity index (χ4n) is 3.15. The number of ether oxygens (including phenoxy) is 2. The number of fused-ring (bicyclic) bond motifs is 2. The van der Waals surface area contributed by atoms with E-state index in [1.165, 1.54) is 36.4 Å². The van der Waals surface area contributed by atoms with Gasteiger partial charge in [0.25, 0.3) is 11.0 Å². The molecule has 0 saturated carbocycles. The minimum atomic E-state index is -0.472. The Hall–Kier alpha value is -3.42. The third kappa shape index (κ3) is 4.27. The molecule has 8 heteroatoms. The molecule has 8 nitrogen and oxygen atoms in total. The summed E-state index contributed by atoms with van der Waals surface area (Å²) >= 11 is 0. The van der Waals surface area contributed by atoms with Crippen LogP contribution in [0.4, 0.5) is 0 Å². The van der Waals surface area contributed by atoms with Crippen molar-refractivity contribution in [3.8, 4) is 11.5 Å². The first kappa shape index (κ1) is 21.3. The number of rotatable bonds is 8. The van der Waals surface area contributed by atoms with Gasteiger partial charge < -0.3 is 19.9 Å². The first-order valence-corrected chi connectivity index (χ1v) is 10.1. The summed E-state index contributed by atoms with van der Waals surface area (Å²) in [5, 5.41) is 26.2. The van der Waals surface area contributed by atoms with Gasteiger partial charge in [-0.15, -0.1) is 0 Å². The molecule has 158 valence electrons. The standard InChI is InChI=1S/C22H24N2O6/c1-3-5-13-19(25)29-17-11-7-9-15-21(17)23(27)16-10-8-12-18(22(16)24(15)28)30-20(26)14-6-4-2/h7-12H,3-6,13-14H2,1-2H3. The normalized spacial score (nSPS) is 11.0. The predicted molar refractivity (Wildman–Crippen MR) is 110 cm³/mol. The third-order valence-corrected chi connectivity index (χ3v) is 4.72. The summed E-state index contributed by atoms with van der Waals surface area (Å²) in [7, 11) is 0. The minimum Gasteiger partial charge on any atom is -0.617 e. The van der Waals surface area contributed by atoms with Gasteiger partial charge in [-0.3, -0.25) is 9.59 Å². The Labute approximate surface area is 173 Å². The molecule has 0 atom stereocenters. The molecule has 0 unspecified atom stereocenters. The highest BCUT2D eigenvalue weighted by Gasteiger charge is 2.29. The van der Waals surface area contributed by atoms with E-state index >= 15 is 0 Å². The fourth-order valence-corrected chi connectivity index (χ4v) is 3.15. The Morgan fingerprint density at radius 3 is 1.53 bits per heavy atom. The zero-order chi connectivity index (χ0) is 21.7. The summed E-state index contributed by atoms with van der Waals surface area (Å²) < 4.78 is 11.8. The van der Waals surface area contributed by atoms with Crippen molar-refractivity contribution in [3.63, 3.8) is 0 Å². The maximum Gasteiger partial charge on any atom is 0.333 e. The van der Waals surface area contributed by atoms with Crippen molar-refractivity contribution in [2.75, 3.05) is 0 Å². The summed E-state index contributed by atoms with van der Waals surface area (Å²) in [6, 6.07) is 8.91. The Balaban J connectivity index is 2.11. The van der Waals surface area contributed by atoms with Crippen molar-refractivity contribution in [2.45, 2.75) is 52.4 Å². The van der Waals surface area contributed by atoms with E-state index in [0.717, 1.165) is 12.8 Å². The maximum absolute atomic E-state index is 13.1. The molecule has 0 aliphatic carbocycles. The highest BCUT2D eigenvalue weighted by atomic mass is 16.5. The Morgan fingerprint density at radius 2 is 1.17 bits per heavy atom. The van der Waals surface area contributed by atoms with Crippen molar-refractivity contribution in [1.82, 2.24) is 0 Å². The van der Waals surface area contributed by atoms with Gasteiger partial charge >= 0.3 is 23.0 Å². The van der Waals surface area contributed by atoms with E-state index < -0.39 is 11.9 Å². The van der Waals surface area contributed by atoms with Gasteiger partial charge in [-0.1, -0.05) is 38.8 Å². The van der Waals surface area contributed by atoms with Crippen LogP contribution < -0.4 is 18.9 Å². The lowest BCUT2D eigenvalue weighted by Crippen LogP contribution is -2.40. The monoisotopic (exact) mass is 412 g/mol. The Kier molecular flexibility index (Phi) is 6.66. The zero-order valence-electron chi connectivity index (χ0n) is 17.1. The minimum absolute atomic E-state index is 0.00958. The average molecular weight is 412 g/mol. The van der Waals surface area contributed by atoms with Crippen molar-refractivity contribution >= 4 is 34.0 Å². The lowest BCUT2D eigenvalue weighted by Gasteiger charge is -2.12. The van der Waals surface area contributed by atoms with Gasteiger partial charge in [0.2, 0.25) is 11.5 Å². The Morgan fingerprint density at radius 1 is 0.767 bits per heavy atom. The molecule has 1 heterocycles. The van der Waals surface area contributed by atoms with E-state index in [1.807, 2.05) is 13.8 Å². The first-order valence-electron chi connectivity index (χ1n) is 10.1. The van der Waals surface area contributed by atoms with Crippen molar-refractivity contribution in [2.24, 2.45) is 0 Å². The van der Waals surface area contributed by atoms with Gasteiger partial charge in [-0.05, 0) is 25.0 Å². The highest BCUT2D eigenvalue weighted by Crippen LogP contribution is 2.27. The molecule has 30 heavy (non-hydrogen) atoms. The van der Waals surface area contributed by atoms with Crippen LogP contribution >= 0.6 is 0 Å². The molecule has 0 radical (unpaired) electrons. The molecule has 3 aromatic rings. The second-order valence-corrected chi connectivity index (χ2v) is 6.99. The van der Waals surface area contributed by atoms with Crippen LogP contribution in [-0.4, -0.2) is 11.9 Å². The van der Waals surface area contributed by atoms with Crippen molar-refractivity contribution in [3.05, 3.63) is 46.8 Å². The van der Waals surface area contributed by atoms with Gasteiger partial charge in [0.15, 0.2) is 0 Å². The zero-order valence-corrected chi connectivity index (χ0v) is 17.1. The molecular formula is C22H24N2O6. The van der Waals surface area contributed by atoms with Crippen LogP contribution in [0.2, 0.25) is 0 Å². The number of para-hydroxylation sites is 2. The van der Waals surface area contributed by atoms with Crippen LogP contribution in [0.5, 0.6) is 11.5 Å². The van der Waals surface area contributed by atoms with Crippen LogP contribution in [0.15, 0.2) is 36.4 Å². The quantitative estimate of drug-likeness (QED) is 0.184. The fraction of sp³-hybridized carbons (Fsp3) is 0.364. The molecule has 0 spiro atoms. The summed E-state index contributed by atoms with van der Waals surface area (Å²) in [5.41, 5.74) is -0.0932. The van der Waals surface area contributed by atoms with E-state index in [4.69, 9.17) is 9.47 Å². The van der Waals surface area contributed by atoms with Crippen LogP contribution in [0.25, 0.3) is 22.1 Å². The highest BCUT2D eigenvalue weighted by molar-refractivity contribution is 5.87. The molecule has 0 aliphatic heterocycles. The topological polar surface area (TPSA) is 106 Å². The van der Waals surface area contributed by atoms with E-state index in [1.54, 1.807) is 0 Å². The van der Waals surface area contributed by atoms with Gasteiger partial charge in [-0.2, -0.15) is 9.46 Å². The molecule has 0 amide bonds. The molecule has 0 saturated heterocycles. The molecule has 1 aromatic heterocycles. The van der Waals surface area contributed by atoms with Crippen LogP contribution in [0.3, 0.4) is 0 Å². The van der Waals surface area contributed by atoms with Crippen molar-refractivity contribution < 1.29 is 28.5 Å². The van der Waals surface area contributed by atoms with Crippen LogP contribution in [0.1, 0.15) is 52.4 Å². The molecule has 0 bridgehead atoms. The second kappa shape index (κ2) is 9.39. The number of benzene rings is 2. The largest absolute Gasteiger partial charge is 0.617 e. The number of unbranched alkanes of at least 4 members (excludes halogenated alkanes) is 2. The average Bonchev–Trinajstić information content (AvgIpc) is 2.74. The van der Waals surface area contributed by atoms with Gasteiger partial charge in [0.1, 0.15) is 0 Å². The van der Waals surface area contributed by atoms with Crippen LogP contribution in [-0.2, 0) is 9.59 Å². The smallest absolute Gasteiger partial charge is 0.333 e. The van der Waals surface area contributed by atoms with E-state index in [2.05, 4.69) is 0 Å². The van der Waals surface area contributed by atoms with Gasteiger partial charge in [-0.25, -0.2) is 0 Å². The molecular weight excluding hydrogens is 388 g/mol. The SMILES string of the molecule is CCCCC(=O)Oc1cccc2c1[n+]([O-])c1cccc(OC(=O)CCCC)c1[n+]2[O-]. The van der Waals surface area contributed by atoms with Gasteiger partial charge in [0.05, 0.1) is 0 Å². The molecule has 0 fully saturated rings. The summed E-state index contributed by atoms with van der Waals surface area (Å²) in [6.07, 6.45) is 3.42. The molecule has 2 aromatic carbocycles.